The minimum atomic E-state index is -0.795. The monoisotopic (exact) mass is 209 g/mol. The summed E-state index contributed by atoms with van der Waals surface area (Å²) in [5.41, 5.74) is 5.69. The molecule has 1 rings (SSSR count). The maximum atomic E-state index is 9.23. The second-order valence-corrected chi connectivity index (χ2v) is 2.50. The molecule has 68 valence electrons. The van der Waals surface area contributed by atoms with Gasteiger partial charge in [0, 0.05) is 6.54 Å². The minimum Gasteiger partial charge on any atom is -1.00 e. The summed E-state index contributed by atoms with van der Waals surface area (Å²) in [5.74, 6) is -0.456. The summed E-state index contributed by atoms with van der Waals surface area (Å²) in [4.78, 5) is 0. The van der Waals surface area contributed by atoms with Gasteiger partial charge in [-0.25, -0.2) is 0 Å². The molecule has 13 heavy (non-hydrogen) atoms. The Morgan fingerprint density at radius 1 is 1.31 bits per heavy atom. The first-order valence-electron chi connectivity index (χ1n) is 3.55. The van der Waals surface area contributed by atoms with Crippen molar-refractivity contribution in [2.75, 3.05) is 6.54 Å². The third-order valence-corrected chi connectivity index (χ3v) is 1.61. The number of aliphatic hydroxyl groups is 1. The summed E-state index contributed by atoms with van der Waals surface area (Å²) in [7, 11) is 0. The van der Waals surface area contributed by atoms with Gasteiger partial charge in [-0.2, -0.15) is 0 Å². The molecule has 5 heteroatoms. The second kappa shape index (κ2) is 5.97. The summed E-state index contributed by atoms with van der Waals surface area (Å²) >= 11 is 0. The molecule has 4 nitrogen and oxygen atoms in total. The molecule has 0 fully saturated rings. The largest absolute Gasteiger partial charge is 1.00 e. The predicted molar refractivity (Wildman–Crippen MR) is 44.9 cm³/mol. The van der Waals surface area contributed by atoms with Gasteiger partial charge in [0.15, 0.2) is 11.5 Å². The van der Waals surface area contributed by atoms with Crippen molar-refractivity contribution >= 4 is 0 Å². The van der Waals surface area contributed by atoms with E-state index in [1.54, 1.807) is 0 Å². The Balaban J connectivity index is 0. The Hall–Kier alpha value is 0.376. The Labute approximate surface area is 120 Å². The first-order valence-corrected chi connectivity index (χ1v) is 3.55. The normalized spacial score (nSPS) is 11.8. The van der Waals surface area contributed by atoms with Crippen molar-refractivity contribution in [1.82, 2.24) is 0 Å². The Kier molecular flexibility index (Phi) is 6.15. The molecule has 0 heterocycles. The fraction of sp³-hybridized carbons (Fsp3) is 0.250. The molecule has 0 aromatic heterocycles. The number of phenols is 2. The van der Waals surface area contributed by atoms with E-state index in [2.05, 4.69) is 0 Å². The van der Waals surface area contributed by atoms with Gasteiger partial charge in [-0.3, -0.25) is 0 Å². The molecule has 5 N–H and O–H groups in total. The number of nitrogens with two attached hydrogens (primary N) is 1. The summed E-state index contributed by atoms with van der Waals surface area (Å²) < 4.78 is 0. The number of phenolic OH excluding ortho intramolecular Hbond substituents is 2. The van der Waals surface area contributed by atoms with Gasteiger partial charge in [-0.1, -0.05) is 6.07 Å². The van der Waals surface area contributed by atoms with Gasteiger partial charge in [0.05, 0.1) is 6.10 Å². The zero-order valence-electron chi connectivity index (χ0n) is 8.44. The third kappa shape index (κ3) is 3.55. The van der Waals surface area contributed by atoms with Crippen LogP contribution in [0.25, 0.3) is 0 Å². The van der Waals surface area contributed by atoms with Crippen LogP contribution in [0.4, 0.5) is 0 Å². The fourth-order valence-electron chi connectivity index (χ4n) is 0.884. The number of hydrogen-bond donors (Lipinski definition) is 4. The van der Waals surface area contributed by atoms with E-state index in [0.29, 0.717) is 5.56 Å². The van der Waals surface area contributed by atoms with Gasteiger partial charge in [0.25, 0.3) is 0 Å². The van der Waals surface area contributed by atoms with Crippen molar-refractivity contribution < 1.29 is 68.1 Å². The maximum absolute atomic E-state index is 9.23. The van der Waals surface area contributed by atoms with Crippen LogP contribution in [0.15, 0.2) is 18.2 Å². The topological polar surface area (TPSA) is 86.7 Å². The van der Waals surface area contributed by atoms with Crippen molar-refractivity contribution in [3.63, 3.8) is 0 Å². The molecule has 0 bridgehead atoms. The smallest absolute Gasteiger partial charge is 1.00 e. The number of hydrogen-bond acceptors (Lipinski definition) is 4. The van der Waals surface area contributed by atoms with Crippen molar-refractivity contribution in [3.05, 3.63) is 23.8 Å². The molecule has 0 spiro atoms. The van der Waals surface area contributed by atoms with Crippen LogP contribution in [0.2, 0.25) is 0 Å². The molecule has 0 aliphatic heterocycles. The van der Waals surface area contributed by atoms with Crippen LogP contribution in [-0.4, -0.2) is 21.9 Å². The number of aliphatic hydroxyl groups excluding tert-OH is 1. The van der Waals surface area contributed by atoms with Crippen LogP contribution in [0, 0.1) is 0 Å². The molecule has 1 aromatic rings. The van der Waals surface area contributed by atoms with E-state index >= 15 is 0 Å². The van der Waals surface area contributed by atoms with Gasteiger partial charge < -0.3 is 22.5 Å². The van der Waals surface area contributed by atoms with Gasteiger partial charge in [0.1, 0.15) is 0 Å². The summed E-state index contributed by atoms with van der Waals surface area (Å²) in [5, 5.41) is 27.2. The molecular formula is C8H12KNO3. The minimum absolute atomic E-state index is 0. The third-order valence-electron chi connectivity index (χ3n) is 1.61. The fourth-order valence-corrected chi connectivity index (χ4v) is 0.884. The van der Waals surface area contributed by atoms with Crippen molar-refractivity contribution in [3.8, 4) is 11.5 Å². The summed E-state index contributed by atoms with van der Waals surface area (Å²) in [6.07, 6.45) is -0.795. The molecule has 1 atom stereocenters. The van der Waals surface area contributed by atoms with Crippen LogP contribution in [0.5, 0.6) is 11.5 Å². The van der Waals surface area contributed by atoms with Gasteiger partial charge in [-0.15, -0.1) is 0 Å². The quantitative estimate of drug-likeness (QED) is 0.313. The maximum Gasteiger partial charge on any atom is 1.00 e. The summed E-state index contributed by atoms with van der Waals surface area (Å²) in [6.45, 7) is 0.0875. The Morgan fingerprint density at radius 2 is 1.92 bits per heavy atom. The molecule has 0 aliphatic rings. The van der Waals surface area contributed by atoms with Crippen LogP contribution in [-0.2, 0) is 0 Å². The SMILES string of the molecule is NCC(O)c1ccc(O)c(O)c1.[H-].[K+]. The van der Waals surface area contributed by atoms with Crippen LogP contribution < -0.4 is 57.1 Å². The first kappa shape index (κ1) is 13.4. The zero-order valence-corrected chi connectivity index (χ0v) is 10.6. The van der Waals surface area contributed by atoms with Crippen molar-refractivity contribution in [2.24, 2.45) is 5.73 Å². The predicted octanol–water partition coefficient (Wildman–Crippen LogP) is -2.79. The number of rotatable bonds is 2. The second-order valence-electron chi connectivity index (χ2n) is 2.50. The summed E-state index contributed by atoms with van der Waals surface area (Å²) in [6, 6.07) is 4.10. The van der Waals surface area contributed by atoms with Gasteiger partial charge in [0.2, 0.25) is 0 Å². The molecule has 0 radical (unpaired) electrons. The molecular weight excluding hydrogens is 197 g/mol. The molecule has 1 unspecified atom stereocenters. The van der Waals surface area contributed by atoms with E-state index in [-0.39, 0.29) is 70.9 Å². The van der Waals surface area contributed by atoms with Crippen LogP contribution >= 0.6 is 0 Å². The van der Waals surface area contributed by atoms with E-state index in [9.17, 15) is 5.11 Å². The molecule has 0 amide bonds. The average Bonchev–Trinajstić information content (AvgIpc) is 2.08. The van der Waals surface area contributed by atoms with Crippen LogP contribution in [0.1, 0.15) is 13.1 Å². The van der Waals surface area contributed by atoms with E-state index < -0.39 is 6.10 Å². The van der Waals surface area contributed by atoms with E-state index in [4.69, 9.17) is 15.9 Å². The van der Waals surface area contributed by atoms with E-state index in [1.807, 2.05) is 0 Å². The van der Waals surface area contributed by atoms with Crippen LogP contribution in [0.3, 0.4) is 0 Å². The number of aromatic hydroxyl groups is 2. The molecule has 0 saturated heterocycles. The van der Waals surface area contributed by atoms with E-state index in [1.165, 1.54) is 18.2 Å². The average molecular weight is 209 g/mol. The van der Waals surface area contributed by atoms with Gasteiger partial charge in [-0.05, 0) is 17.7 Å². The van der Waals surface area contributed by atoms with Crippen molar-refractivity contribution in [1.29, 1.82) is 0 Å². The van der Waals surface area contributed by atoms with Gasteiger partial charge >= 0.3 is 51.4 Å². The molecule has 1 aromatic carbocycles. The zero-order chi connectivity index (χ0) is 9.14. The molecule has 0 aliphatic carbocycles. The standard InChI is InChI=1S/C8H11NO3.K.H/c9-4-8(12)5-1-2-6(10)7(11)3-5;;/h1-3,8,10-12H,4,9H2;;/q;+1;-1. The first-order chi connectivity index (χ1) is 5.65. The Bertz CT molecular complexity index is 285. The number of benzene rings is 1. The van der Waals surface area contributed by atoms with Crippen molar-refractivity contribution in [2.45, 2.75) is 6.10 Å². The Morgan fingerprint density at radius 3 is 2.38 bits per heavy atom. The molecule has 0 saturated carbocycles. The van der Waals surface area contributed by atoms with E-state index in [0.717, 1.165) is 0 Å².